The number of nitrogens with zero attached hydrogens (tertiary/aromatic N) is 6. The second kappa shape index (κ2) is 21.8. The van der Waals surface area contributed by atoms with Crippen LogP contribution in [0.4, 0.5) is 11.6 Å². The minimum Gasteiger partial charge on any atom is -0.393 e. The van der Waals surface area contributed by atoms with Crippen molar-refractivity contribution in [1.29, 1.82) is 5.26 Å². The highest BCUT2D eigenvalue weighted by atomic mass is 31.2. The van der Waals surface area contributed by atoms with Crippen LogP contribution in [-0.2, 0) is 18.5 Å². The van der Waals surface area contributed by atoms with Gasteiger partial charge in [-0.2, -0.15) is 15.2 Å². The minimum absolute atomic E-state index is 0.0327. The number of carbonyl (C=O) groups excluding carboxylic acids is 2. The first-order chi connectivity index (χ1) is 32.0. The van der Waals surface area contributed by atoms with E-state index in [1.807, 2.05) is 19.1 Å². The number of aromatic nitrogens is 4. The quantitative estimate of drug-likeness (QED) is 0.0826. The Morgan fingerprint density at radius 1 is 0.791 bits per heavy atom. The van der Waals surface area contributed by atoms with Crippen molar-refractivity contribution < 1.29 is 33.2 Å². The van der Waals surface area contributed by atoms with E-state index < -0.39 is 32.4 Å². The summed E-state index contributed by atoms with van der Waals surface area (Å²) in [7, 11) is -1.37. The van der Waals surface area contributed by atoms with E-state index in [0.717, 1.165) is 12.8 Å². The molecule has 11 atom stereocenters. The van der Waals surface area contributed by atoms with Gasteiger partial charge in [0, 0.05) is 71.4 Å². The number of fused-ring (bicyclic) bond motifs is 2. The van der Waals surface area contributed by atoms with Gasteiger partial charge in [-0.25, -0.2) is 14.3 Å². The Morgan fingerprint density at radius 2 is 1.25 bits per heavy atom. The zero-order valence-corrected chi connectivity index (χ0v) is 40.3. The fourth-order valence-electron chi connectivity index (χ4n) is 9.85. The molecule has 1 unspecified atom stereocenters. The predicted molar refractivity (Wildman–Crippen MR) is 253 cm³/mol. The number of carbonyl (C=O) groups is 2. The molecule has 4 fully saturated rings. The molecule has 2 aliphatic carbocycles. The largest absolute Gasteiger partial charge is 0.393 e. The van der Waals surface area contributed by atoms with Crippen molar-refractivity contribution in [3.05, 3.63) is 116 Å². The molecule has 4 heterocycles. The molecule has 0 bridgehead atoms. The zero-order chi connectivity index (χ0) is 48.1. The second-order valence-corrected chi connectivity index (χ2v) is 20.1. The molecular formula is C49H63N8O9P. The molecule has 0 radical (unpaired) electrons. The summed E-state index contributed by atoms with van der Waals surface area (Å²) in [5.41, 5.74) is 1.38. The molecule has 0 spiro atoms. The van der Waals surface area contributed by atoms with Crippen molar-refractivity contribution >= 4 is 32.0 Å². The lowest BCUT2D eigenvalue weighted by molar-refractivity contribution is -0.0221. The maximum absolute atomic E-state index is 13.1. The van der Waals surface area contributed by atoms with Crippen LogP contribution < -0.4 is 22.0 Å². The number of aliphatic hydroxyl groups excluding tert-OH is 1. The van der Waals surface area contributed by atoms with Crippen LogP contribution in [0.25, 0.3) is 0 Å². The Morgan fingerprint density at radius 3 is 1.72 bits per heavy atom. The van der Waals surface area contributed by atoms with E-state index >= 15 is 0 Å². The van der Waals surface area contributed by atoms with Gasteiger partial charge >= 0.3 is 11.4 Å². The van der Waals surface area contributed by atoms with Crippen LogP contribution in [0.5, 0.6) is 0 Å². The summed E-state index contributed by atoms with van der Waals surface area (Å²) >= 11 is 0. The van der Waals surface area contributed by atoms with E-state index in [-0.39, 0.29) is 83.6 Å². The van der Waals surface area contributed by atoms with E-state index in [9.17, 15) is 24.3 Å². The average molecular weight is 939 g/mol. The lowest BCUT2D eigenvalue weighted by Gasteiger charge is -2.37. The molecule has 2 aromatic carbocycles. The molecule has 2 saturated carbocycles. The lowest BCUT2D eigenvalue weighted by Crippen LogP contribution is -2.35. The average Bonchev–Trinajstić information content (AvgIpc) is 4.07. The summed E-state index contributed by atoms with van der Waals surface area (Å²) in [6, 6.07) is 20.2. The first-order valence-corrected chi connectivity index (χ1v) is 24.3. The smallest absolute Gasteiger partial charge is 0.351 e. The fraction of sp³-hybridized carbons (Fsp3) is 0.531. The molecule has 2 saturated heterocycles. The van der Waals surface area contributed by atoms with E-state index in [2.05, 4.69) is 72.9 Å². The maximum Gasteiger partial charge on any atom is 0.351 e. The number of hydrogen-bond acceptors (Lipinski definition) is 13. The molecule has 67 heavy (non-hydrogen) atoms. The van der Waals surface area contributed by atoms with Crippen molar-refractivity contribution in [2.75, 3.05) is 17.2 Å². The van der Waals surface area contributed by atoms with Crippen LogP contribution in [0.15, 0.2) is 82.6 Å². The molecule has 2 amide bonds. The Hall–Kier alpha value is -5.18. The Balaban J connectivity index is 0.000000214. The molecule has 358 valence electrons. The Bertz CT molecular complexity index is 2490. The first kappa shape index (κ1) is 49.7. The van der Waals surface area contributed by atoms with Gasteiger partial charge in [-0.1, -0.05) is 50.2 Å². The highest BCUT2D eigenvalue weighted by Crippen LogP contribution is 2.54. The van der Waals surface area contributed by atoms with Crippen LogP contribution >= 0.6 is 8.53 Å². The first-order valence-electron chi connectivity index (χ1n) is 23.2. The number of hydrogen-bond donors (Lipinski definition) is 3. The topological polar surface area (TPSA) is 212 Å². The van der Waals surface area contributed by atoms with E-state index in [1.54, 1.807) is 67.8 Å². The van der Waals surface area contributed by atoms with Crippen LogP contribution in [0.2, 0.25) is 0 Å². The molecule has 2 aromatic heterocycles. The highest BCUT2D eigenvalue weighted by molar-refractivity contribution is 7.44. The molecule has 3 N–H and O–H groups in total. The third-order valence-electron chi connectivity index (χ3n) is 13.0. The normalized spacial score (nSPS) is 26.7. The standard InChI is InChI=1S/C29H40N5O5P.C20H23N3O4/c1-18(2)34(19(3)4)40(37-14-10-13-30)39-24-15-20(5)26-23(24)16-25(38-26)33-17-21(6)27(32-29(33)36)31-28(35)22-11-8-7-9-12-22;1-11-8-15(24)14-9-16(27-17(11)14)23-10-12(2)18(22-20(23)26)21-19(25)13-6-4-3-5-7-13/h7-9,11-12,17-20,23-26H,10,14-16H2,1-6H3,(H,31,32,35,36);3-7,10-11,14-17,24H,8-9H2,1-2H3,(H,21,22,25,26)/t20-,23+,24-,25-,26-,40?;11-,14+,15-,16-,17-/m11/s1. The summed E-state index contributed by atoms with van der Waals surface area (Å²) in [6.45, 7) is 16.6. The lowest BCUT2D eigenvalue weighted by atomic mass is 10.0. The number of benzene rings is 2. The van der Waals surface area contributed by atoms with Crippen LogP contribution in [0.1, 0.15) is 118 Å². The van der Waals surface area contributed by atoms with Crippen LogP contribution in [-0.4, -0.2) is 83.8 Å². The van der Waals surface area contributed by atoms with Gasteiger partial charge in [0.25, 0.3) is 20.3 Å². The summed E-state index contributed by atoms with van der Waals surface area (Å²) in [5.74, 6) is 0.513. The number of ether oxygens (including phenoxy) is 2. The van der Waals surface area contributed by atoms with Gasteiger partial charge in [-0.3, -0.25) is 18.7 Å². The van der Waals surface area contributed by atoms with E-state index in [0.29, 0.717) is 48.1 Å². The summed E-state index contributed by atoms with van der Waals surface area (Å²) < 4.78 is 30.6. The second-order valence-electron chi connectivity index (χ2n) is 18.7. The maximum atomic E-state index is 13.1. The number of rotatable bonds is 14. The molecule has 17 nitrogen and oxygen atoms in total. The van der Waals surface area contributed by atoms with Gasteiger partial charge in [0.1, 0.15) is 24.1 Å². The summed E-state index contributed by atoms with van der Waals surface area (Å²) in [4.78, 5) is 58.8. The summed E-state index contributed by atoms with van der Waals surface area (Å²) in [6.07, 6.45) is 4.98. The number of nitrogens with one attached hydrogen (secondary N) is 2. The fourth-order valence-corrected chi connectivity index (χ4v) is 11.6. The van der Waals surface area contributed by atoms with Gasteiger partial charge < -0.3 is 34.3 Å². The number of aryl methyl sites for hydroxylation is 2. The van der Waals surface area contributed by atoms with Gasteiger partial charge in [-0.05, 0) is 90.5 Å². The number of aliphatic hydroxyl groups is 1. The predicted octanol–water partition coefficient (Wildman–Crippen LogP) is 7.52. The van der Waals surface area contributed by atoms with E-state index in [1.165, 1.54) is 9.13 Å². The van der Waals surface area contributed by atoms with Crippen molar-refractivity contribution in [1.82, 2.24) is 23.8 Å². The number of nitriles is 1. The third kappa shape index (κ3) is 11.4. The Labute approximate surface area is 392 Å². The monoisotopic (exact) mass is 938 g/mol. The van der Waals surface area contributed by atoms with Gasteiger partial charge in [0.05, 0.1) is 43.5 Å². The minimum atomic E-state index is -1.37. The molecule has 4 aliphatic rings. The third-order valence-corrected chi connectivity index (χ3v) is 15.2. The van der Waals surface area contributed by atoms with Gasteiger partial charge in [-0.15, -0.1) is 0 Å². The molecule has 18 heteroatoms. The molecular weight excluding hydrogens is 876 g/mol. The van der Waals surface area contributed by atoms with Crippen molar-refractivity contribution in [2.45, 2.75) is 136 Å². The van der Waals surface area contributed by atoms with Crippen LogP contribution in [0.3, 0.4) is 0 Å². The SMILES string of the molecule is Cc1cn([C@H]2C[C@@H]3[C@H](O2)[C@H](C)C[C@H]3O)c(=O)nc1NC(=O)c1ccccc1.Cc1cn([C@H]2C[C@@H]3[C@H](O2)[C@H](C)C[C@H]3OP(OCCC#N)N(C(C)C)C(C)C)c(=O)nc1NC(=O)c1ccccc1. The van der Waals surface area contributed by atoms with E-state index in [4.69, 9.17) is 23.8 Å². The highest BCUT2D eigenvalue weighted by Gasteiger charge is 2.52. The van der Waals surface area contributed by atoms with Crippen molar-refractivity contribution in [3.8, 4) is 6.07 Å². The van der Waals surface area contributed by atoms with Crippen molar-refractivity contribution in [2.24, 2.45) is 23.7 Å². The van der Waals surface area contributed by atoms with Crippen LogP contribution in [0, 0.1) is 48.9 Å². The molecule has 2 aliphatic heterocycles. The molecule has 8 rings (SSSR count). The molecule has 4 aromatic rings. The zero-order valence-electron chi connectivity index (χ0n) is 39.4. The summed E-state index contributed by atoms with van der Waals surface area (Å²) in [5, 5.41) is 24.6. The number of anilines is 2. The van der Waals surface area contributed by atoms with Gasteiger partial charge in [0.15, 0.2) is 0 Å². The number of amides is 2. The Kier molecular flexibility index (Phi) is 16.2. The van der Waals surface area contributed by atoms with Crippen molar-refractivity contribution in [3.63, 3.8) is 0 Å². The van der Waals surface area contributed by atoms with Gasteiger partial charge in [0.2, 0.25) is 0 Å².